The number of hydrogen-bond acceptors (Lipinski definition) is 7. The topological polar surface area (TPSA) is 101 Å². The summed E-state index contributed by atoms with van der Waals surface area (Å²) in [5, 5.41) is 15.7. The molecule has 32 heavy (non-hydrogen) atoms. The molecule has 0 saturated heterocycles. The van der Waals surface area contributed by atoms with Crippen LogP contribution in [0.1, 0.15) is 16.7 Å². The lowest BCUT2D eigenvalue weighted by atomic mass is 10.1. The predicted molar refractivity (Wildman–Crippen MR) is 109 cm³/mol. The van der Waals surface area contributed by atoms with E-state index in [1.807, 2.05) is 0 Å². The predicted octanol–water partition coefficient (Wildman–Crippen LogP) is 4.77. The Kier molecular flexibility index (Phi) is 7.37. The molecular formula is C20H15F4N3O4S. The minimum Gasteiger partial charge on any atom is -0.480 e. The van der Waals surface area contributed by atoms with E-state index >= 15 is 0 Å². The van der Waals surface area contributed by atoms with Crippen LogP contribution in [0.25, 0.3) is 6.08 Å². The van der Waals surface area contributed by atoms with Gasteiger partial charge in [0.25, 0.3) is 9.84 Å². The van der Waals surface area contributed by atoms with Crippen LogP contribution in [0.15, 0.2) is 51.5 Å². The second-order valence-corrected chi connectivity index (χ2v) is 7.97. The van der Waals surface area contributed by atoms with Crippen molar-refractivity contribution in [2.45, 2.75) is 17.3 Å². The maximum absolute atomic E-state index is 13.7. The van der Waals surface area contributed by atoms with Gasteiger partial charge in [0.15, 0.2) is 0 Å². The van der Waals surface area contributed by atoms with Gasteiger partial charge in [-0.25, -0.2) is 12.8 Å². The third-order valence-electron chi connectivity index (χ3n) is 4.02. The Bertz CT molecular complexity index is 1250. The van der Waals surface area contributed by atoms with Crippen molar-refractivity contribution in [3.63, 3.8) is 0 Å². The lowest BCUT2D eigenvalue weighted by Crippen LogP contribution is -2.24. The van der Waals surface area contributed by atoms with Crippen molar-refractivity contribution >= 4 is 28.5 Å². The van der Waals surface area contributed by atoms with Crippen molar-refractivity contribution in [1.82, 2.24) is 0 Å². The Morgan fingerprint density at radius 3 is 2.50 bits per heavy atom. The Morgan fingerprint density at radius 1 is 1.25 bits per heavy atom. The van der Waals surface area contributed by atoms with Crippen LogP contribution in [0, 0.1) is 24.1 Å². The van der Waals surface area contributed by atoms with Crippen LogP contribution in [-0.4, -0.2) is 33.7 Å². The van der Waals surface area contributed by atoms with Crippen LogP contribution in [-0.2, 0) is 14.6 Å². The molecule has 0 fully saturated rings. The monoisotopic (exact) mass is 469 g/mol. The Balaban J connectivity index is 2.70. The zero-order chi connectivity index (χ0) is 24.1. The molecule has 0 bridgehead atoms. The van der Waals surface area contributed by atoms with Crippen LogP contribution in [0.2, 0.25) is 0 Å². The van der Waals surface area contributed by atoms with Crippen LogP contribution >= 0.6 is 0 Å². The summed E-state index contributed by atoms with van der Waals surface area (Å²) < 4.78 is 87.9. The summed E-state index contributed by atoms with van der Waals surface area (Å²) in [5.41, 5.74) is -6.00. The summed E-state index contributed by atoms with van der Waals surface area (Å²) in [6.45, 7) is 4.43. The number of rotatable bonds is 6. The zero-order valence-electron chi connectivity index (χ0n) is 16.6. The molecule has 2 rings (SSSR count). The van der Waals surface area contributed by atoms with Gasteiger partial charge in [0.05, 0.1) is 23.6 Å². The first-order valence-corrected chi connectivity index (χ1v) is 10.0. The Hall–Kier alpha value is -3.72. The van der Waals surface area contributed by atoms with Crippen molar-refractivity contribution in [3.05, 3.63) is 58.9 Å². The molecule has 2 aromatic carbocycles. The van der Waals surface area contributed by atoms with Crippen LogP contribution in [0.4, 0.5) is 17.6 Å². The van der Waals surface area contributed by atoms with E-state index in [-0.39, 0.29) is 34.1 Å². The largest absolute Gasteiger partial charge is 0.501 e. The molecule has 168 valence electrons. The van der Waals surface area contributed by atoms with E-state index in [0.29, 0.717) is 6.07 Å². The molecule has 0 N–H and O–H groups in total. The molecular weight excluding hydrogens is 454 g/mol. The smallest absolute Gasteiger partial charge is 0.480 e. The van der Waals surface area contributed by atoms with E-state index < -0.39 is 26.1 Å². The molecule has 0 saturated carbocycles. The Morgan fingerprint density at radius 2 is 1.94 bits per heavy atom. The molecule has 0 aliphatic carbocycles. The van der Waals surface area contributed by atoms with Crippen molar-refractivity contribution in [1.29, 1.82) is 5.26 Å². The molecule has 0 heterocycles. The molecule has 7 nitrogen and oxygen atoms in total. The van der Waals surface area contributed by atoms with Crippen LogP contribution in [0.3, 0.4) is 0 Å². The highest BCUT2D eigenvalue weighted by molar-refractivity contribution is 7.92. The molecule has 0 amide bonds. The number of hydrogen-bond donors (Lipinski definition) is 0. The first-order valence-electron chi connectivity index (χ1n) is 8.53. The average Bonchev–Trinajstić information content (AvgIpc) is 2.71. The van der Waals surface area contributed by atoms with Gasteiger partial charge in [0, 0.05) is 30.0 Å². The van der Waals surface area contributed by atoms with E-state index in [9.17, 15) is 26.0 Å². The second-order valence-electron chi connectivity index (χ2n) is 6.06. The summed E-state index contributed by atoms with van der Waals surface area (Å²) in [5.74, 6) is -1.12. The summed E-state index contributed by atoms with van der Waals surface area (Å²) in [4.78, 5) is -1.04. The molecule has 2 aromatic rings. The summed E-state index contributed by atoms with van der Waals surface area (Å²) in [7, 11) is -4.52. The van der Waals surface area contributed by atoms with E-state index in [2.05, 4.69) is 16.9 Å². The summed E-state index contributed by atoms with van der Waals surface area (Å²) >= 11 is 0. The Labute approximate surface area is 180 Å². The van der Waals surface area contributed by atoms with Gasteiger partial charge in [0.1, 0.15) is 17.3 Å². The lowest BCUT2D eigenvalue weighted by Gasteiger charge is -2.16. The van der Waals surface area contributed by atoms with Crippen molar-refractivity contribution < 1.29 is 35.5 Å². The molecule has 0 aromatic heterocycles. The fraction of sp³-hybridized carbons (Fsp3) is 0.150. The quantitative estimate of drug-likeness (QED) is 0.263. The van der Waals surface area contributed by atoms with Gasteiger partial charge in [-0.15, -0.1) is 5.10 Å². The number of benzene rings is 2. The number of alkyl halides is 3. The maximum Gasteiger partial charge on any atom is 0.501 e. The fourth-order valence-corrected chi connectivity index (χ4v) is 3.55. The second kappa shape index (κ2) is 9.61. The highest BCUT2D eigenvalue weighted by Crippen LogP contribution is 2.38. The normalized spacial score (nSPS) is 12.5. The van der Waals surface area contributed by atoms with Gasteiger partial charge in [-0.1, -0.05) is 0 Å². The van der Waals surface area contributed by atoms with Crippen molar-refractivity contribution in [2.75, 3.05) is 7.11 Å². The molecule has 0 aliphatic rings. The molecule has 0 atom stereocenters. The van der Waals surface area contributed by atoms with Crippen molar-refractivity contribution in [3.8, 4) is 17.6 Å². The minimum absolute atomic E-state index is 0.0173. The first kappa shape index (κ1) is 24.5. The van der Waals surface area contributed by atoms with Gasteiger partial charge in [-0.3, -0.25) is 0 Å². The first-order chi connectivity index (χ1) is 14.9. The average molecular weight is 469 g/mol. The van der Waals surface area contributed by atoms with E-state index in [4.69, 9.17) is 14.7 Å². The van der Waals surface area contributed by atoms with Gasteiger partial charge in [0.2, 0.25) is 5.90 Å². The number of halogens is 4. The third-order valence-corrected chi connectivity index (χ3v) is 5.56. The number of ether oxygens (including phenoxy) is 2. The summed E-state index contributed by atoms with van der Waals surface area (Å²) in [6, 6.07) is 6.59. The van der Waals surface area contributed by atoms with E-state index in [1.54, 1.807) is 6.07 Å². The molecule has 0 aliphatic heterocycles. The van der Waals surface area contributed by atoms with Crippen LogP contribution < -0.4 is 4.74 Å². The zero-order valence-corrected chi connectivity index (χ0v) is 17.5. The molecule has 0 radical (unpaired) electrons. The molecule has 0 spiro atoms. The van der Waals surface area contributed by atoms with Gasteiger partial charge in [-0.05, 0) is 37.3 Å². The van der Waals surface area contributed by atoms with Crippen LogP contribution in [0.5, 0.6) is 11.5 Å². The van der Waals surface area contributed by atoms with E-state index in [0.717, 1.165) is 30.4 Å². The highest BCUT2D eigenvalue weighted by atomic mass is 32.2. The van der Waals surface area contributed by atoms with Gasteiger partial charge >= 0.3 is 5.51 Å². The standard InChI is InChI=1S/C20H15F4N3O4S/c1-12-16(4-7-19(30-3)27-26-2)18(32(28,29)20(22,23)24)6-5-17(12)31-15-9-13(11-25)8-14(21)10-15/h4-10H,2H2,1,3H3/b7-4+,27-19-. The van der Waals surface area contributed by atoms with Crippen molar-refractivity contribution in [2.24, 2.45) is 10.2 Å². The maximum atomic E-state index is 13.7. The molecule has 0 unspecified atom stereocenters. The van der Waals surface area contributed by atoms with Gasteiger partial charge in [-0.2, -0.15) is 23.5 Å². The van der Waals surface area contributed by atoms with Gasteiger partial charge < -0.3 is 9.47 Å². The SMILES string of the molecule is C=N/N=C(/C=C/c1c(S(=O)(=O)C(F)(F)F)ccc(Oc2cc(F)cc(C#N)c2)c1C)OC. The number of methoxy groups -OCH3 is 1. The minimum atomic E-state index is -5.73. The lowest BCUT2D eigenvalue weighted by molar-refractivity contribution is -0.0436. The number of sulfone groups is 1. The molecule has 12 heteroatoms. The summed E-state index contributed by atoms with van der Waals surface area (Å²) in [6.07, 6.45) is 2.12. The highest BCUT2D eigenvalue weighted by Gasteiger charge is 2.48. The fourth-order valence-electron chi connectivity index (χ4n) is 2.54. The third kappa shape index (κ3) is 5.30. The van der Waals surface area contributed by atoms with E-state index in [1.165, 1.54) is 20.1 Å². The number of nitrogens with zero attached hydrogens (tertiary/aromatic N) is 3. The number of nitriles is 1.